The van der Waals surface area contributed by atoms with E-state index in [4.69, 9.17) is 10.5 Å². The molecule has 0 heterocycles. The first-order valence-electron chi connectivity index (χ1n) is 5.03. The molecule has 2 heteroatoms. The molecule has 2 saturated carbocycles. The maximum absolute atomic E-state index is 5.77. The summed E-state index contributed by atoms with van der Waals surface area (Å²) < 4.78 is 5.77. The van der Waals surface area contributed by atoms with Crippen LogP contribution in [0.2, 0.25) is 0 Å². The van der Waals surface area contributed by atoms with Gasteiger partial charge in [-0.05, 0) is 44.4 Å². The number of hydrogen-bond acceptors (Lipinski definition) is 2. The first-order chi connectivity index (χ1) is 5.68. The minimum atomic E-state index is 0.329. The molecule has 0 aromatic carbocycles. The second-order valence-corrected chi connectivity index (χ2v) is 4.63. The first-order valence-corrected chi connectivity index (χ1v) is 5.03. The summed E-state index contributed by atoms with van der Waals surface area (Å²) in [4.78, 5) is 0. The Balaban J connectivity index is 1.83. The first kappa shape index (κ1) is 8.52. The normalized spacial score (nSPS) is 32.5. The van der Waals surface area contributed by atoms with E-state index in [1.165, 1.54) is 19.3 Å². The Morgan fingerprint density at radius 2 is 2.17 bits per heavy atom. The third-order valence-corrected chi connectivity index (χ3v) is 3.27. The van der Waals surface area contributed by atoms with Crippen molar-refractivity contribution in [1.29, 1.82) is 0 Å². The van der Waals surface area contributed by atoms with E-state index in [1.54, 1.807) is 0 Å². The zero-order valence-corrected chi connectivity index (χ0v) is 8.05. The van der Waals surface area contributed by atoms with Gasteiger partial charge in [0.05, 0.1) is 12.2 Å². The topological polar surface area (TPSA) is 35.2 Å². The largest absolute Gasteiger partial charge is 0.374 e. The van der Waals surface area contributed by atoms with Crippen LogP contribution in [0.3, 0.4) is 0 Å². The predicted molar refractivity (Wildman–Crippen MR) is 48.8 cm³/mol. The Morgan fingerprint density at radius 3 is 2.50 bits per heavy atom. The summed E-state index contributed by atoms with van der Waals surface area (Å²) in [5, 5.41) is 0. The molecule has 0 bridgehead atoms. The van der Waals surface area contributed by atoms with Crippen molar-refractivity contribution < 1.29 is 4.74 Å². The van der Waals surface area contributed by atoms with E-state index in [0.717, 1.165) is 11.3 Å². The summed E-state index contributed by atoms with van der Waals surface area (Å²) in [7, 11) is 0. The van der Waals surface area contributed by atoms with Crippen LogP contribution in [0.25, 0.3) is 0 Å². The average molecular weight is 169 g/mol. The van der Waals surface area contributed by atoms with Crippen molar-refractivity contribution in [2.24, 2.45) is 17.1 Å². The Bertz CT molecular complexity index is 175. The monoisotopic (exact) mass is 169 g/mol. The molecule has 2 rings (SSSR count). The summed E-state index contributed by atoms with van der Waals surface area (Å²) in [6.45, 7) is 4.87. The summed E-state index contributed by atoms with van der Waals surface area (Å²) in [5.41, 5.74) is 6.41. The molecule has 2 atom stereocenters. The lowest BCUT2D eigenvalue weighted by Crippen LogP contribution is -2.29. The fourth-order valence-electron chi connectivity index (χ4n) is 2.30. The van der Waals surface area contributed by atoms with Gasteiger partial charge in [0, 0.05) is 6.54 Å². The van der Waals surface area contributed by atoms with Gasteiger partial charge >= 0.3 is 0 Å². The fourth-order valence-corrected chi connectivity index (χ4v) is 2.30. The molecule has 2 nitrogen and oxygen atoms in total. The van der Waals surface area contributed by atoms with Gasteiger partial charge < -0.3 is 10.5 Å². The van der Waals surface area contributed by atoms with Gasteiger partial charge in [0.2, 0.25) is 0 Å². The lowest BCUT2D eigenvalue weighted by Gasteiger charge is -2.18. The molecule has 70 valence electrons. The van der Waals surface area contributed by atoms with Gasteiger partial charge in [-0.15, -0.1) is 0 Å². The van der Waals surface area contributed by atoms with E-state index in [-0.39, 0.29) is 0 Å². The van der Waals surface area contributed by atoms with Gasteiger partial charge in [-0.2, -0.15) is 0 Å². The third kappa shape index (κ3) is 1.38. The van der Waals surface area contributed by atoms with Crippen LogP contribution in [0.5, 0.6) is 0 Å². The molecule has 1 spiro atoms. The van der Waals surface area contributed by atoms with Crippen molar-refractivity contribution in [2.75, 3.05) is 6.54 Å². The van der Waals surface area contributed by atoms with Crippen molar-refractivity contribution in [1.82, 2.24) is 0 Å². The van der Waals surface area contributed by atoms with Gasteiger partial charge in [-0.1, -0.05) is 0 Å². The molecule has 0 saturated heterocycles. The van der Waals surface area contributed by atoms with E-state index in [2.05, 4.69) is 13.8 Å². The zero-order valence-electron chi connectivity index (χ0n) is 8.05. The SMILES string of the molecule is CC(C)OC(CN)C1CC12CC2. The van der Waals surface area contributed by atoms with Gasteiger partial charge in [0.1, 0.15) is 0 Å². The predicted octanol–water partition coefficient (Wildman–Crippen LogP) is 1.54. The van der Waals surface area contributed by atoms with Crippen molar-refractivity contribution in [3.8, 4) is 0 Å². The van der Waals surface area contributed by atoms with Crippen LogP contribution < -0.4 is 5.73 Å². The van der Waals surface area contributed by atoms with Crippen LogP contribution in [0, 0.1) is 11.3 Å². The number of nitrogens with two attached hydrogens (primary N) is 1. The van der Waals surface area contributed by atoms with Crippen LogP contribution in [0.15, 0.2) is 0 Å². The zero-order chi connectivity index (χ0) is 8.77. The molecule has 2 N–H and O–H groups in total. The molecule has 0 radical (unpaired) electrons. The van der Waals surface area contributed by atoms with E-state index in [0.29, 0.717) is 18.8 Å². The molecule has 2 aliphatic carbocycles. The van der Waals surface area contributed by atoms with Crippen molar-refractivity contribution in [3.63, 3.8) is 0 Å². The summed E-state index contributed by atoms with van der Waals surface area (Å²) in [6, 6.07) is 0. The van der Waals surface area contributed by atoms with Gasteiger partial charge in [-0.3, -0.25) is 0 Å². The van der Waals surface area contributed by atoms with Crippen LogP contribution in [-0.2, 0) is 4.74 Å². The lowest BCUT2D eigenvalue weighted by atomic mass is 10.2. The van der Waals surface area contributed by atoms with Crippen molar-refractivity contribution >= 4 is 0 Å². The molecule has 0 aromatic heterocycles. The Kier molecular flexibility index (Phi) is 1.92. The highest BCUT2D eigenvalue weighted by Gasteiger charge is 2.65. The molecular formula is C10H19NO. The molecule has 0 aliphatic heterocycles. The van der Waals surface area contributed by atoms with Gasteiger partial charge in [0.15, 0.2) is 0 Å². The molecule has 0 aromatic rings. The molecule has 2 unspecified atom stereocenters. The highest BCUT2D eigenvalue weighted by atomic mass is 16.5. The second-order valence-electron chi connectivity index (χ2n) is 4.63. The smallest absolute Gasteiger partial charge is 0.0734 e. The van der Waals surface area contributed by atoms with Crippen LogP contribution in [-0.4, -0.2) is 18.8 Å². The quantitative estimate of drug-likeness (QED) is 0.693. The minimum absolute atomic E-state index is 0.329. The fraction of sp³-hybridized carbons (Fsp3) is 1.00. The van der Waals surface area contributed by atoms with Gasteiger partial charge in [0.25, 0.3) is 0 Å². The minimum Gasteiger partial charge on any atom is -0.374 e. The molecule has 12 heavy (non-hydrogen) atoms. The van der Waals surface area contributed by atoms with E-state index in [9.17, 15) is 0 Å². The molecule has 0 amide bonds. The Hall–Kier alpha value is -0.0800. The van der Waals surface area contributed by atoms with Crippen LogP contribution in [0.4, 0.5) is 0 Å². The van der Waals surface area contributed by atoms with E-state index < -0.39 is 0 Å². The maximum atomic E-state index is 5.77. The highest BCUT2D eigenvalue weighted by molar-refractivity contribution is 5.14. The second kappa shape index (κ2) is 2.71. The molecule has 2 fully saturated rings. The van der Waals surface area contributed by atoms with Gasteiger partial charge in [-0.25, -0.2) is 0 Å². The average Bonchev–Trinajstić information content (AvgIpc) is 2.89. The van der Waals surface area contributed by atoms with E-state index in [1.807, 2.05) is 0 Å². The Morgan fingerprint density at radius 1 is 1.50 bits per heavy atom. The Labute approximate surface area is 74.5 Å². The number of hydrogen-bond donors (Lipinski definition) is 1. The summed E-state index contributed by atoms with van der Waals surface area (Å²) in [6.07, 6.45) is 4.90. The standard InChI is InChI=1S/C10H19NO/c1-7(2)12-9(6-11)8-5-10(8)3-4-10/h7-9H,3-6,11H2,1-2H3. The molecule has 2 aliphatic rings. The third-order valence-electron chi connectivity index (χ3n) is 3.27. The van der Waals surface area contributed by atoms with Crippen LogP contribution >= 0.6 is 0 Å². The summed E-state index contributed by atoms with van der Waals surface area (Å²) in [5.74, 6) is 0.796. The number of rotatable bonds is 4. The molecular weight excluding hydrogens is 150 g/mol. The van der Waals surface area contributed by atoms with Crippen LogP contribution in [0.1, 0.15) is 33.1 Å². The maximum Gasteiger partial charge on any atom is 0.0734 e. The lowest BCUT2D eigenvalue weighted by molar-refractivity contribution is -0.00307. The van der Waals surface area contributed by atoms with E-state index >= 15 is 0 Å². The summed E-state index contributed by atoms with van der Waals surface area (Å²) >= 11 is 0. The van der Waals surface area contributed by atoms with Crippen molar-refractivity contribution in [2.45, 2.75) is 45.3 Å². The number of ether oxygens (including phenoxy) is 1. The highest BCUT2D eigenvalue weighted by Crippen LogP contribution is 2.71. The van der Waals surface area contributed by atoms with Crippen molar-refractivity contribution in [3.05, 3.63) is 0 Å².